The second-order valence-electron chi connectivity index (χ2n) is 8.15. The quantitative estimate of drug-likeness (QED) is 0.506. The Balaban J connectivity index is 1.29. The van der Waals surface area contributed by atoms with Gasteiger partial charge in [0, 0.05) is 17.0 Å². The fraction of sp³-hybridized carbons (Fsp3) is 0.636. The van der Waals surface area contributed by atoms with Gasteiger partial charge in [0.25, 0.3) is 0 Å². The molecule has 4 nitrogen and oxygen atoms in total. The van der Waals surface area contributed by atoms with Crippen molar-refractivity contribution in [2.75, 3.05) is 11.9 Å². The topological polar surface area (TPSA) is 49.8 Å². The zero-order chi connectivity index (χ0) is 18.6. The Bertz CT molecular complexity index is 802. The van der Waals surface area contributed by atoms with E-state index in [2.05, 4.69) is 40.5 Å². The van der Waals surface area contributed by atoms with Crippen molar-refractivity contribution in [3.63, 3.8) is 0 Å². The van der Waals surface area contributed by atoms with Crippen LogP contribution in [0.5, 0.6) is 0 Å². The van der Waals surface area contributed by atoms with Gasteiger partial charge in [-0.3, -0.25) is 0 Å². The van der Waals surface area contributed by atoms with E-state index in [9.17, 15) is 0 Å². The van der Waals surface area contributed by atoms with Crippen LogP contribution in [0.2, 0.25) is 0 Å². The Labute approximate surface area is 166 Å². The van der Waals surface area contributed by atoms with Crippen molar-refractivity contribution in [1.82, 2.24) is 15.3 Å². The summed E-state index contributed by atoms with van der Waals surface area (Å²) in [6.45, 7) is 5.50. The molecule has 2 aromatic rings. The average molecular weight is 385 g/mol. The second-order valence-corrected chi connectivity index (χ2v) is 9.23. The van der Waals surface area contributed by atoms with Gasteiger partial charge in [0.15, 0.2) is 0 Å². The molecule has 0 amide bonds. The molecule has 1 saturated carbocycles. The Morgan fingerprint density at radius 1 is 1.19 bits per heavy atom. The van der Waals surface area contributed by atoms with Crippen LogP contribution in [0.1, 0.15) is 69.2 Å². The molecule has 0 radical (unpaired) electrons. The third-order valence-corrected chi connectivity index (χ3v) is 7.44. The normalized spacial score (nSPS) is 23.0. The standard InChI is InChI=1S/C22H32N4S/c1-3-15(2)6-5-13-23-16-9-11-17(12-10-16)26-21-20-18-7-4-8-19(18)27-22(20)25-14-24-21/h3,14,16-17,23H,4-13H2,1-2H3,(H,24,25,26)/b15-3+. The Kier molecular flexibility index (Phi) is 6.08. The predicted molar refractivity (Wildman–Crippen MR) is 116 cm³/mol. The van der Waals surface area contributed by atoms with Crippen LogP contribution in [0.25, 0.3) is 10.2 Å². The van der Waals surface area contributed by atoms with Crippen LogP contribution in [-0.4, -0.2) is 28.6 Å². The number of aryl methyl sites for hydroxylation is 2. The molecule has 0 spiro atoms. The van der Waals surface area contributed by atoms with Crippen molar-refractivity contribution in [3.05, 3.63) is 28.4 Å². The number of nitrogens with zero attached hydrogens (tertiary/aromatic N) is 2. The molecular weight excluding hydrogens is 352 g/mol. The fourth-order valence-corrected chi connectivity index (χ4v) is 5.72. The summed E-state index contributed by atoms with van der Waals surface area (Å²) in [5, 5.41) is 8.85. The lowest BCUT2D eigenvalue weighted by Gasteiger charge is -2.30. The summed E-state index contributed by atoms with van der Waals surface area (Å²) in [7, 11) is 0. The van der Waals surface area contributed by atoms with Gasteiger partial charge in [-0.2, -0.15) is 0 Å². The summed E-state index contributed by atoms with van der Waals surface area (Å²) in [6.07, 6.45) is 15.1. The van der Waals surface area contributed by atoms with Crippen LogP contribution < -0.4 is 10.6 Å². The highest BCUT2D eigenvalue weighted by Crippen LogP contribution is 2.39. The number of rotatable bonds is 7. The molecule has 1 fully saturated rings. The monoisotopic (exact) mass is 384 g/mol. The van der Waals surface area contributed by atoms with Gasteiger partial charge in [-0.15, -0.1) is 11.3 Å². The minimum absolute atomic E-state index is 0.545. The van der Waals surface area contributed by atoms with Crippen molar-refractivity contribution in [1.29, 1.82) is 0 Å². The van der Waals surface area contributed by atoms with Gasteiger partial charge in [0.05, 0.1) is 5.39 Å². The predicted octanol–water partition coefficient (Wildman–Crippen LogP) is 5.24. The maximum atomic E-state index is 4.62. The zero-order valence-corrected chi connectivity index (χ0v) is 17.5. The van der Waals surface area contributed by atoms with Gasteiger partial charge < -0.3 is 10.6 Å². The number of nitrogens with one attached hydrogen (secondary N) is 2. The molecular formula is C22H32N4S. The molecule has 2 aromatic heterocycles. The van der Waals surface area contributed by atoms with Crippen LogP contribution >= 0.6 is 11.3 Å². The van der Waals surface area contributed by atoms with Crippen LogP contribution in [0.4, 0.5) is 5.82 Å². The van der Waals surface area contributed by atoms with Crippen LogP contribution in [-0.2, 0) is 12.8 Å². The highest BCUT2D eigenvalue weighted by atomic mass is 32.1. The van der Waals surface area contributed by atoms with E-state index in [-0.39, 0.29) is 0 Å². The molecule has 146 valence electrons. The van der Waals surface area contributed by atoms with E-state index in [1.165, 1.54) is 84.0 Å². The minimum Gasteiger partial charge on any atom is -0.367 e. The third-order valence-electron chi connectivity index (χ3n) is 6.24. The lowest BCUT2D eigenvalue weighted by Crippen LogP contribution is -2.37. The van der Waals surface area contributed by atoms with Crippen molar-refractivity contribution in [3.8, 4) is 0 Å². The molecule has 27 heavy (non-hydrogen) atoms. The number of fused-ring (bicyclic) bond motifs is 3. The number of allylic oxidation sites excluding steroid dienone is 2. The number of hydrogen-bond acceptors (Lipinski definition) is 5. The molecule has 2 N–H and O–H groups in total. The molecule has 0 aliphatic heterocycles. The summed E-state index contributed by atoms with van der Waals surface area (Å²) in [6, 6.07) is 1.23. The van der Waals surface area contributed by atoms with Crippen LogP contribution in [0, 0.1) is 0 Å². The van der Waals surface area contributed by atoms with E-state index in [4.69, 9.17) is 0 Å². The first kappa shape index (κ1) is 18.9. The second kappa shape index (κ2) is 8.70. The Morgan fingerprint density at radius 2 is 2.00 bits per heavy atom. The van der Waals surface area contributed by atoms with Crippen molar-refractivity contribution in [2.45, 2.75) is 83.7 Å². The van der Waals surface area contributed by atoms with E-state index in [0.29, 0.717) is 12.1 Å². The van der Waals surface area contributed by atoms with Crippen LogP contribution in [0.3, 0.4) is 0 Å². The first-order chi connectivity index (χ1) is 13.2. The minimum atomic E-state index is 0.545. The van der Waals surface area contributed by atoms with Gasteiger partial charge in [0.1, 0.15) is 17.0 Å². The van der Waals surface area contributed by atoms with Crippen molar-refractivity contribution in [2.24, 2.45) is 0 Å². The largest absolute Gasteiger partial charge is 0.367 e. The summed E-state index contributed by atoms with van der Waals surface area (Å²) >= 11 is 1.87. The highest BCUT2D eigenvalue weighted by Gasteiger charge is 2.24. The molecule has 0 unspecified atom stereocenters. The molecule has 2 heterocycles. The first-order valence-corrected chi connectivity index (χ1v) is 11.4. The molecule has 0 bridgehead atoms. The lowest BCUT2D eigenvalue weighted by molar-refractivity contribution is 0.353. The summed E-state index contributed by atoms with van der Waals surface area (Å²) in [4.78, 5) is 11.8. The zero-order valence-electron chi connectivity index (χ0n) is 16.7. The molecule has 0 aromatic carbocycles. The molecule has 5 heteroatoms. The maximum Gasteiger partial charge on any atom is 0.138 e. The molecule has 0 saturated heterocycles. The Morgan fingerprint density at radius 3 is 2.81 bits per heavy atom. The SMILES string of the molecule is C/C=C(\C)CCCNC1CCC(Nc2ncnc3sc4c(c23)CCC4)CC1. The molecule has 2 aliphatic carbocycles. The van der Waals surface area contributed by atoms with Gasteiger partial charge in [-0.25, -0.2) is 9.97 Å². The average Bonchev–Trinajstić information content (AvgIpc) is 3.27. The fourth-order valence-electron chi connectivity index (χ4n) is 4.49. The number of aromatic nitrogens is 2. The molecule has 2 aliphatic rings. The Hall–Kier alpha value is -1.46. The first-order valence-electron chi connectivity index (χ1n) is 10.6. The summed E-state index contributed by atoms with van der Waals surface area (Å²) < 4.78 is 0. The summed E-state index contributed by atoms with van der Waals surface area (Å²) in [5.74, 6) is 1.08. The van der Waals surface area contributed by atoms with Gasteiger partial charge >= 0.3 is 0 Å². The van der Waals surface area contributed by atoms with E-state index in [0.717, 1.165) is 12.4 Å². The number of anilines is 1. The van der Waals surface area contributed by atoms with Gasteiger partial charge in [0.2, 0.25) is 0 Å². The van der Waals surface area contributed by atoms with Crippen molar-refractivity contribution < 1.29 is 0 Å². The van der Waals surface area contributed by atoms with Crippen LogP contribution in [0.15, 0.2) is 18.0 Å². The van der Waals surface area contributed by atoms with E-state index >= 15 is 0 Å². The third kappa shape index (κ3) is 4.35. The maximum absolute atomic E-state index is 4.62. The highest BCUT2D eigenvalue weighted by molar-refractivity contribution is 7.19. The van der Waals surface area contributed by atoms with E-state index in [1.54, 1.807) is 6.33 Å². The summed E-state index contributed by atoms with van der Waals surface area (Å²) in [5.41, 5.74) is 3.02. The van der Waals surface area contributed by atoms with E-state index < -0.39 is 0 Å². The van der Waals surface area contributed by atoms with Gasteiger partial charge in [-0.1, -0.05) is 11.6 Å². The van der Waals surface area contributed by atoms with Gasteiger partial charge in [-0.05, 0) is 83.7 Å². The van der Waals surface area contributed by atoms with E-state index in [1.807, 2.05) is 11.3 Å². The molecule has 4 rings (SSSR count). The molecule has 0 atom stereocenters. The smallest absolute Gasteiger partial charge is 0.138 e. The number of thiophene rings is 1. The lowest BCUT2D eigenvalue weighted by atomic mass is 9.91. The number of hydrogen-bond donors (Lipinski definition) is 2. The van der Waals surface area contributed by atoms with Crippen molar-refractivity contribution >= 4 is 27.4 Å².